The first-order chi connectivity index (χ1) is 6.75. The van der Waals surface area contributed by atoms with Gasteiger partial charge in [-0.3, -0.25) is 5.10 Å². The standard InChI is InChI=1S/C10H7FN2S/c11-9-3-1-2-7(4-9)8-5-10(14)13-12-6-8/h1-6H,(H,13,14). The Morgan fingerprint density at radius 1 is 1.21 bits per heavy atom. The summed E-state index contributed by atoms with van der Waals surface area (Å²) in [6.07, 6.45) is 1.62. The van der Waals surface area contributed by atoms with E-state index < -0.39 is 0 Å². The molecule has 0 aliphatic rings. The third-order valence-electron chi connectivity index (χ3n) is 1.82. The van der Waals surface area contributed by atoms with Crippen molar-refractivity contribution < 1.29 is 4.39 Å². The molecule has 4 heteroatoms. The summed E-state index contributed by atoms with van der Waals surface area (Å²) in [5.74, 6) is -0.263. The van der Waals surface area contributed by atoms with Crippen molar-refractivity contribution in [1.29, 1.82) is 0 Å². The van der Waals surface area contributed by atoms with Crippen LogP contribution in [0.1, 0.15) is 0 Å². The van der Waals surface area contributed by atoms with Crippen LogP contribution in [-0.4, -0.2) is 10.2 Å². The largest absolute Gasteiger partial charge is 0.268 e. The maximum atomic E-state index is 12.9. The number of hydrogen-bond acceptors (Lipinski definition) is 2. The minimum absolute atomic E-state index is 0.263. The van der Waals surface area contributed by atoms with E-state index in [9.17, 15) is 4.39 Å². The van der Waals surface area contributed by atoms with E-state index in [4.69, 9.17) is 12.2 Å². The van der Waals surface area contributed by atoms with E-state index in [1.54, 1.807) is 18.3 Å². The van der Waals surface area contributed by atoms with E-state index in [0.29, 0.717) is 4.64 Å². The molecule has 2 aromatic rings. The van der Waals surface area contributed by atoms with Crippen molar-refractivity contribution in [2.45, 2.75) is 0 Å². The molecular weight excluding hydrogens is 199 g/mol. The predicted octanol–water partition coefficient (Wildman–Crippen LogP) is 2.95. The third kappa shape index (κ3) is 1.85. The smallest absolute Gasteiger partial charge is 0.123 e. The van der Waals surface area contributed by atoms with E-state index in [-0.39, 0.29) is 5.82 Å². The lowest BCUT2D eigenvalue weighted by atomic mass is 10.1. The number of rotatable bonds is 1. The highest BCUT2D eigenvalue weighted by Gasteiger charge is 1.98. The summed E-state index contributed by atoms with van der Waals surface area (Å²) in [5.41, 5.74) is 1.59. The molecule has 0 amide bonds. The number of halogens is 1. The molecule has 14 heavy (non-hydrogen) atoms. The number of H-pyrrole nitrogens is 1. The van der Waals surface area contributed by atoms with E-state index in [1.807, 2.05) is 6.07 Å². The zero-order valence-corrected chi connectivity index (χ0v) is 8.01. The van der Waals surface area contributed by atoms with Gasteiger partial charge in [-0.15, -0.1) is 0 Å². The topological polar surface area (TPSA) is 28.7 Å². The van der Waals surface area contributed by atoms with E-state index in [0.717, 1.165) is 11.1 Å². The highest BCUT2D eigenvalue weighted by atomic mass is 32.1. The van der Waals surface area contributed by atoms with E-state index >= 15 is 0 Å². The Morgan fingerprint density at radius 2 is 2.07 bits per heavy atom. The molecule has 0 aliphatic carbocycles. The summed E-state index contributed by atoms with van der Waals surface area (Å²) in [6, 6.07) is 8.07. The molecule has 0 unspecified atom stereocenters. The molecule has 0 atom stereocenters. The van der Waals surface area contributed by atoms with E-state index in [2.05, 4.69) is 10.2 Å². The zero-order chi connectivity index (χ0) is 9.97. The van der Waals surface area contributed by atoms with Gasteiger partial charge < -0.3 is 0 Å². The van der Waals surface area contributed by atoms with Crippen molar-refractivity contribution in [3.05, 3.63) is 47.0 Å². The van der Waals surface area contributed by atoms with Gasteiger partial charge in [0.05, 0.1) is 6.20 Å². The third-order valence-corrected chi connectivity index (χ3v) is 2.03. The molecule has 70 valence electrons. The van der Waals surface area contributed by atoms with Crippen LogP contribution in [0, 0.1) is 10.5 Å². The van der Waals surface area contributed by atoms with Crippen molar-refractivity contribution in [2.75, 3.05) is 0 Å². The second kappa shape index (κ2) is 3.67. The molecule has 1 aromatic carbocycles. The summed E-state index contributed by atoms with van der Waals surface area (Å²) < 4.78 is 13.4. The van der Waals surface area contributed by atoms with Gasteiger partial charge in [-0.25, -0.2) is 4.39 Å². The molecule has 0 spiro atoms. The Balaban J connectivity index is 2.55. The van der Waals surface area contributed by atoms with Crippen LogP contribution < -0.4 is 0 Å². The van der Waals surface area contributed by atoms with Crippen LogP contribution in [-0.2, 0) is 0 Å². The quantitative estimate of drug-likeness (QED) is 0.727. The summed E-state index contributed by atoms with van der Waals surface area (Å²) in [6.45, 7) is 0. The SMILES string of the molecule is Fc1cccc(-c2cn[nH]c(=S)c2)c1. The minimum Gasteiger partial charge on any atom is -0.268 e. The molecule has 2 rings (SSSR count). The molecule has 0 radical (unpaired) electrons. The molecule has 1 N–H and O–H groups in total. The van der Waals surface area contributed by atoms with Crippen molar-refractivity contribution in [1.82, 2.24) is 10.2 Å². The lowest BCUT2D eigenvalue weighted by molar-refractivity contribution is 0.628. The lowest BCUT2D eigenvalue weighted by Gasteiger charge is -1.99. The fraction of sp³-hybridized carbons (Fsp3) is 0. The fourth-order valence-corrected chi connectivity index (χ4v) is 1.38. The van der Waals surface area contributed by atoms with Crippen molar-refractivity contribution in [3.8, 4) is 11.1 Å². The molecule has 1 heterocycles. The predicted molar refractivity (Wildman–Crippen MR) is 54.8 cm³/mol. The highest BCUT2D eigenvalue weighted by Crippen LogP contribution is 2.18. The average Bonchev–Trinajstić information content (AvgIpc) is 2.18. The number of aromatic amines is 1. The number of aromatic nitrogens is 2. The summed E-state index contributed by atoms with van der Waals surface area (Å²) in [4.78, 5) is 0. The van der Waals surface area contributed by atoms with Crippen molar-refractivity contribution in [2.24, 2.45) is 0 Å². The van der Waals surface area contributed by atoms with Crippen LogP contribution in [0.4, 0.5) is 4.39 Å². The number of nitrogens with one attached hydrogen (secondary N) is 1. The van der Waals surface area contributed by atoms with Crippen molar-refractivity contribution >= 4 is 12.2 Å². The average molecular weight is 206 g/mol. The van der Waals surface area contributed by atoms with Gasteiger partial charge in [0.2, 0.25) is 0 Å². The minimum atomic E-state index is -0.263. The molecule has 0 saturated carbocycles. The Morgan fingerprint density at radius 3 is 2.79 bits per heavy atom. The molecule has 2 nitrogen and oxygen atoms in total. The normalized spacial score (nSPS) is 10.1. The summed E-state index contributed by atoms with van der Waals surface area (Å²) >= 11 is 4.92. The highest BCUT2D eigenvalue weighted by molar-refractivity contribution is 7.71. The van der Waals surface area contributed by atoms with Crippen LogP contribution in [0.3, 0.4) is 0 Å². The van der Waals surface area contributed by atoms with Gasteiger partial charge in [0, 0.05) is 5.56 Å². The van der Waals surface area contributed by atoms with Crippen molar-refractivity contribution in [3.63, 3.8) is 0 Å². The summed E-state index contributed by atoms with van der Waals surface area (Å²) in [5, 5.41) is 6.47. The van der Waals surface area contributed by atoms with Crippen LogP contribution >= 0.6 is 12.2 Å². The zero-order valence-electron chi connectivity index (χ0n) is 7.20. The monoisotopic (exact) mass is 206 g/mol. The lowest BCUT2D eigenvalue weighted by Crippen LogP contribution is -1.84. The molecule has 0 saturated heterocycles. The van der Waals surface area contributed by atoms with Gasteiger partial charge >= 0.3 is 0 Å². The maximum absolute atomic E-state index is 12.9. The van der Waals surface area contributed by atoms with Crippen LogP contribution in [0.5, 0.6) is 0 Å². The van der Waals surface area contributed by atoms with Gasteiger partial charge in [-0.2, -0.15) is 5.10 Å². The Kier molecular flexibility index (Phi) is 2.37. The molecule has 0 aliphatic heterocycles. The van der Waals surface area contributed by atoms with Crippen LogP contribution in [0.15, 0.2) is 36.5 Å². The molecule has 1 aromatic heterocycles. The van der Waals surface area contributed by atoms with Gasteiger partial charge in [-0.05, 0) is 23.8 Å². The number of benzene rings is 1. The second-order valence-electron chi connectivity index (χ2n) is 2.84. The van der Waals surface area contributed by atoms with Crippen LogP contribution in [0.25, 0.3) is 11.1 Å². The second-order valence-corrected chi connectivity index (χ2v) is 3.28. The number of nitrogens with zero attached hydrogens (tertiary/aromatic N) is 1. The first-order valence-electron chi connectivity index (χ1n) is 4.06. The van der Waals surface area contributed by atoms with E-state index in [1.165, 1.54) is 12.1 Å². The fourth-order valence-electron chi connectivity index (χ4n) is 1.20. The molecule has 0 fully saturated rings. The maximum Gasteiger partial charge on any atom is 0.123 e. The first-order valence-corrected chi connectivity index (χ1v) is 4.47. The van der Waals surface area contributed by atoms with Gasteiger partial charge in [0.1, 0.15) is 10.5 Å². The van der Waals surface area contributed by atoms with Gasteiger partial charge in [0.25, 0.3) is 0 Å². The first kappa shape index (κ1) is 9.02. The Hall–Kier alpha value is -1.55. The molecule has 0 bridgehead atoms. The van der Waals surface area contributed by atoms with Gasteiger partial charge in [0.15, 0.2) is 0 Å². The van der Waals surface area contributed by atoms with Gasteiger partial charge in [-0.1, -0.05) is 24.4 Å². The van der Waals surface area contributed by atoms with Crippen LogP contribution in [0.2, 0.25) is 0 Å². The Bertz CT molecular complexity index is 507. The Labute approximate surface area is 85.4 Å². The summed E-state index contributed by atoms with van der Waals surface area (Å²) in [7, 11) is 0. The number of hydrogen-bond donors (Lipinski definition) is 1. The molecular formula is C10H7FN2S.